The SMILES string of the molecule is CCN(C(=O)[C@@H](C)N1CCN(c2ccc(OC)cc2)CC1)[C@@H]1CCS(=O)(=O)C1. The Bertz CT molecular complexity index is 773. The number of methoxy groups -OCH3 is 1. The summed E-state index contributed by atoms with van der Waals surface area (Å²) in [7, 11) is -1.34. The van der Waals surface area contributed by atoms with Crippen LogP contribution in [0.1, 0.15) is 20.3 Å². The fourth-order valence-corrected chi connectivity index (χ4v) is 5.90. The highest BCUT2D eigenvalue weighted by Crippen LogP contribution is 2.23. The van der Waals surface area contributed by atoms with Gasteiger partial charge in [-0.2, -0.15) is 0 Å². The molecule has 28 heavy (non-hydrogen) atoms. The first-order chi connectivity index (χ1) is 13.3. The minimum atomic E-state index is -3.00. The highest BCUT2D eigenvalue weighted by Gasteiger charge is 2.37. The fourth-order valence-electron chi connectivity index (χ4n) is 4.17. The van der Waals surface area contributed by atoms with Gasteiger partial charge in [0.05, 0.1) is 24.7 Å². The van der Waals surface area contributed by atoms with Gasteiger partial charge in [0.1, 0.15) is 5.75 Å². The van der Waals surface area contributed by atoms with Crippen LogP contribution >= 0.6 is 0 Å². The maximum atomic E-state index is 13.1. The number of rotatable bonds is 6. The smallest absolute Gasteiger partial charge is 0.239 e. The van der Waals surface area contributed by atoms with E-state index in [4.69, 9.17) is 4.74 Å². The Balaban J connectivity index is 1.57. The minimum absolute atomic E-state index is 0.0440. The molecule has 2 fully saturated rings. The van der Waals surface area contributed by atoms with Crippen LogP contribution in [-0.4, -0.2) is 87.5 Å². The zero-order valence-electron chi connectivity index (χ0n) is 17.0. The molecule has 2 aliphatic heterocycles. The number of hydrogen-bond donors (Lipinski definition) is 0. The zero-order chi connectivity index (χ0) is 20.3. The Kier molecular flexibility index (Phi) is 6.50. The predicted molar refractivity (Wildman–Crippen MR) is 111 cm³/mol. The Morgan fingerprint density at radius 1 is 1.21 bits per heavy atom. The highest BCUT2D eigenvalue weighted by molar-refractivity contribution is 7.91. The van der Waals surface area contributed by atoms with Gasteiger partial charge in [-0.25, -0.2) is 8.42 Å². The van der Waals surface area contributed by atoms with Crippen molar-refractivity contribution in [3.05, 3.63) is 24.3 Å². The number of ether oxygens (including phenoxy) is 1. The molecule has 2 saturated heterocycles. The normalized spacial score (nSPS) is 23.4. The van der Waals surface area contributed by atoms with E-state index in [9.17, 15) is 13.2 Å². The van der Waals surface area contributed by atoms with E-state index in [0.717, 1.165) is 37.6 Å². The Hall–Kier alpha value is -1.80. The first-order valence-corrected chi connectivity index (χ1v) is 11.8. The van der Waals surface area contributed by atoms with E-state index < -0.39 is 9.84 Å². The Morgan fingerprint density at radius 2 is 1.86 bits per heavy atom. The molecular weight excluding hydrogens is 378 g/mol. The molecule has 2 heterocycles. The zero-order valence-corrected chi connectivity index (χ0v) is 17.8. The molecule has 0 spiro atoms. The van der Waals surface area contributed by atoms with E-state index in [1.165, 1.54) is 0 Å². The molecule has 0 radical (unpaired) electrons. The standard InChI is InChI=1S/C20H31N3O4S/c1-4-23(18-9-14-28(25,26)15-18)20(24)16(2)21-10-12-22(13-11-21)17-5-7-19(27-3)8-6-17/h5-8,16,18H,4,9-15H2,1-3H3/t16-,18-/m1/s1. The van der Waals surface area contributed by atoms with Crippen molar-refractivity contribution in [3.63, 3.8) is 0 Å². The van der Waals surface area contributed by atoms with Gasteiger partial charge in [-0.1, -0.05) is 0 Å². The predicted octanol–water partition coefficient (Wildman–Crippen LogP) is 1.24. The lowest BCUT2D eigenvalue weighted by atomic mass is 10.1. The van der Waals surface area contributed by atoms with Gasteiger partial charge in [0.2, 0.25) is 5.91 Å². The molecule has 0 unspecified atom stereocenters. The molecule has 1 aromatic carbocycles. The number of sulfone groups is 1. The van der Waals surface area contributed by atoms with E-state index in [2.05, 4.69) is 21.9 Å². The first-order valence-electron chi connectivity index (χ1n) is 9.98. The third-order valence-corrected chi connectivity index (χ3v) is 7.68. The lowest BCUT2D eigenvalue weighted by Gasteiger charge is -2.40. The molecule has 0 aliphatic carbocycles. The second-order valence-electron chi connectivity index (χ2n) is 7.58. The average molecular weight is 410 g/mol. The van der Waals surface area contributed by atoms with Crippen LogP contribution < -0.4 is 9.64 Å². The Morgan fingerprint density at radius 3 is 2.36 bits per heavy atom. The number of benzene rings is 1. The molecule has 0 bridgehead atoms. The summed E-state index contributed by atoms with van der Waals surface area (Å²) in [5, 5.41) is 0. The maximum Gasteiger partial charge on any atom is 0.239 e. The number of carbonyl (C=O) groups excluding carboxylic acids is 1. The lowest BCUT2D eigenvalue weighted by molar-refractivity contribution is -0.138. The quantitative estimate of drug-likeness (QED) is 0.704. The largest absolute Gasteiger partial charge is 0.497 e. The van der Waals surface area contributed by atoms with Gasteiger partial charge in [-0.15, -0.1) is 0 Å². The molecule has 0 aromatic heterocycles. The molecule has 3 rings (SSSR count). The summed E-state index contributed by atoms with van der Waals surface area (Å²) in [6, 6.07) is 7.63. The minimum Gasteiger partial charge on any atom is -0.497 e. The average Bonchev–Trinajstić information content (AvgIpc) is 3.07. The molecular formula is C20H31N3O4S. The number of amides is 1. The summed E-state index contributed by atoms with van der Waals surface area (Å²) in [5.74, 6) is 1.18. The van der Waals surface area contributed by atoms with Crippen LogP contribution in [0.5, 0.6) is 5.75 Å². The summed E-state index contributed by atoms with van der Waals surface area (Å²) in [6.45, 7) is 7.74. The van der Waals surface area contributed by atoms with Crippen molar-refractivity contribution in [1.82, 2.24) is 9.80 Å². The monoisotopic (exact) mass is 409 g/mol. The van der Waals surface area contributed by atoms with Gasteiger partial charge in [0.15, 0.2) is 9.84 Å². The molecule has 1 amide bonds. The second kappa shape index (κ2) is 8.69. The van der Waals surface area contributed by atoms with Crippen LogP contribution in [-0.2, 0) is 14.6 Å². The summed E-state index contributed by atoms with van der Waals surface area (Å²) >= 11 is 0. The third-order valence-electron chi connectivity index (χ3n) is 5.93. The van der Waals surface area contributed by atoms with Crippen LogP contribution in [0, 0.1) is 0 Å². The number of likely N-dealkylation sites (N-methyl/N-ethyl adjacent to an activating group) is 1. The van der Waals surface area contributed by atoms with Gasteiger partial charge in [-0.3, -0.25) is 9.69 Å². The van der Waals surface area contributed by atoms with Crippen LogP contribution in [0.15, 0.2) is 24.3 Å². The van der Waals surface area contributed by atoms with Gasteiger partial charge in [-0.05, 0) is 44.5 Å². The molecule has 0 saturated carbocycles. The van der Waals surface area contributed by atoms with Crippen molar-refractivity contribution < 1.29 is 17.9 Å². The molecule has 2 atom stereocenters. The number of nitrogens with zero attached hydrogens (tertiary/aromatic N) is 3. The van der Waals surface area contributed by atoms with E-state index in [0.29, 0.717) is 13.0 Å². The van der Waals surface area contributed by atoms with Crippen LogP contribution in [0.4, 0.5) is 5.69 Å². The van der Waals surface area contributed by atoms with Gasteiger partial charge >= 0.3 is 0 Å². The van der Waals surface area contributed by atoms with Crippen molar-refractivity contribution in [2.45, 2.75) is 32.4 Å². The molecule has 156 valence electrons. The van der Waals surface area contributed by atoms with E-state index in [1.807, 2.05) is 26.0 Å². The van der Waals surface area contributed by atoms with Crippen molar-refractivity contribution in [2.75, 3.05) is 56.2 Å². The second-order valence-corrected chi connectivity index (χ2v) is 9.81. The highest BCUT2D eigenvalue weighted by atomic mass is 32.2. The summed E-state index contributed by atoms with van der Waals surface area (Å²) in [6.07, 6.45) is 0.555. The third kappa shape index (κ3) is 4.60. The lowest BCUT2D eigenvalue weighted by Crippen LogP contribution is -2.56. The van der Waals surface area contributed by atoms with E-state index in [1.54, 1.807) is 12.0 Å². The molecule has 2 aliphatic rings. The first kappa shape index (κ1) is 20.9. The molecule has 8 heteroatoms. The van der Waals surface area contributed by atoms with Crippen LogP contribution in [0.3, 0.4) is 0 Å². The fraction of sp³-hybridized carbons (Fsp3) is 0.650. The topological polar surface area (TPSA) is 70.2 Å². The van der Waals surface area contributed by atoms with Gasteiger partial charge in [0.25, 0.3) is 0 Å². The van der Waals surface area contributed by atoms with Crippen molar-refractivity contribution >= 4 is 21.4 Å². The summed E-state index contributed by atoms with van der Waals surface area (Å²) in [4.78, 5) is 19.3. The summed E-state index contributed by atoms with van der Waals surface area (Å²) < 4.78 is 28.8. The van der Waals surface area contributed by atoms with Gasteiger partial charge in [0, 0.05) is 44.5 Å². The van der Waals surface area contributed by atoms with Crippen molar-refractivity contribution in [1.29, 1.82) is 0 Å². The van der Waals surface area contributed by atoms with Crippen LogP contribution in [0.25, 0.3) is 0 Å². The summed E-state index contributed by atoms with van der Waals surface area (Å²) in [5.41, 5.74) is 1.16. The number of anilines is 1. The molecule has 7 nitrogen and oxygen atoms in total. The number of piperazine rings is 1. The van der Waals surface area contributed by atoms with Gasteiger partial charge < -0.3 is 14.5 Å². The molecule has 1 aromatic rings. The van der Waals surface area contributed by atoms with E-state index in [-0.39, 0.29) is 29.5 Å². The maximum absolute atomic E-state index is 13.1. The number of carbonyl (C=O) groups is 1. The van der Waals surface area contributed by atoms with Crippen LogP contribution in [0.2, 0.25) is 0 Å². The van der Waals surface area contributed by atoms with E-state index >= 15 is 0 Å². The molecule has 0 N–H and O–H groups in total. The van der Waals surface area contributed by atoms with Crippen molar-refractivity contribution in [3.8, 4) is 5.75 Å². The van der Waals surface area contributed by atoms with Crippen molar-refractivity contribution in [2.24, 2.45) is 0 Å². The Labute approximate surface area is 168 Å². The number of hydrogen-bond acceptors (Lipinski definition) is 6.